The number of nitrogens with zero attached hydrogens (tertiary/aromatic N) is 2. The molecule has 2 fully saturated rings. The van der Waals surface area contributed by atoms with E-state index in [1.165, 1.54) is 31.4 Å². The maximum absolute atomic E-state index is 11.6. The van der Waals surface area contributed by atoms with Crippen LogP contribution in [0.25, 0.3) is 0 Å². The molecule has 1 N–H and O–H groups in total. The molecular weight excluding hydrogens is 288 g/mol. The summed E-state index contributed by atoms with van der Waals surface area (Å²) < 4.78 is 7.54. The summed E-state index contributed by atoms with van der Waals surface area (Å²) in [6, 6.07) is 0. The van der Waals surface area contributed by atoms with Gasteiger partial charge in [0.15, 0.2) is 11.4 Å². The zero-order chi connectivity index (χ0) is 14.7. The molecule has 1 saturated heterocycles. The lowest BCUT2D eigenvalue weighted by molar-refractivity contribution is 0.0672. The van der Waals surface area contributed by atoms with Crippen LogP contribution in [0.4, 0.5) is 0 Å². The van der Waals surface area contributed by atoms with Crippen molar-refractivity contribution in [1.82, 2.24) is 9.78 Å². The van der Waals surface area contributed by atoms with Gasteiger partial charge < -0.3 is 9.84 Å². The third-order valence-corrected chi connectivity index (χ3v) is 5.64. The van der Waals surface area contributed by atoms with Crippen LogP contribution in [-0.4, -0.2) is 38.0 Å². The van der Waals surface area contributed by atoms with Gasteiger partial charge in [0.05, 0.1) is 18.8 Å². The van der Waals surface area contributed by atoms with Crippen molar-refractivity contribution < 1.29 is 14.6 Å². The number of aromatic carboxylic acids is 1. The van der Waals surface area contributed by atoms with Crippen molar-refractivity contribution in [3.63, 3.8) is 0 Å². The van der Waals surface area contributed by atoms with Gasteiger partial charge >= 0.3 is 5.97 Å². The van der Waals surface area contributed by atoms with Gasteiger partial charge in [-0.1, -0.05) is 6.42 Å². The van der Waals surface area contributed by atoms with E-state index in [-0.39, 0.29) is 11.8 Å². The van der Waals surface area contributed by atoms with Crippen LogP contribution in [0.5, 0.6) is 5.75 Å². The second-order valence-electron chi connectivity index (χ2n) is 5.86. The van der Waals surface area contributed by atoms with Crippen LogP contribution in [0.2, 0.25) is 0 Å². The Morgan fingerprint density at radius 1 is 1.33 bits per heavy atom. The molecule has 1 atom stereocenters. The number of aromatic nitrogens is 2. The maximum atomic E-state index is 11.6. The molecule has 0 spiro atoms. The first-order valence-electron chi connectivity index (χ1n) is 7.81. The van der Waals surface area contributed by atoms with E-state index in [0.29, 0.717) is 17.5 Å². The highest BCUT2D eigenvalue weighted by Crippen LogP contribution is 2.30. The van der Waals surface area contributed by atoms with E-state index in [1.54, 1.807) is 10.9 Å². The van der Waals surface area contributed by atoms with Gasteiger partial charge in [0, 0.05) is 5.25 Å². The standard InChI is InChI=1S/C15H22N2O3S/c18-15(19)14-13(20-11-5-2-1-3-6-11)9-16-17(14)10-12-7-4-8-21-12/h9,11-12H,1-8,10H2,(H,18,19). The summed E-state index contributed by atoms with van der Waals surface area (Å²) >= 11 is 1.91. The van der Waals surface area contributed by atoms with Crippen molar-refractivity contribution >= 4 is 17.7 Å². The summed E-state index contributed by atoms with van der Waals surface area (Å²) in [5.41, 5.74) is 0.216. The van der Waals surface area contributed by atoms with Gasteiger partial charge in [-0.2, -0.15) is 16.9 Å². The molecule has 1 unspecified atom stereocenters. The number of thioether (sulfide) groups is 1. The zero-order valence-corrected chi connectivity index (χ0v) is 13.0. The lowest BCUT2D eigenvalue weighted by atomic mass is 9.98. The van der Waals surface area contributed by atoms with Gasteiger partial charge in [0.25, 0.3) is 0 Å². The molecule has 1 aromatic rings. The summed E-state index contributed by atoms with van der Waals surface area (Å²) in [6.07, 6.45) is 9.70. The zero-order valence-electron chi connectivity index (χ0n) is 12.2. The van der Waals surface area contributed by atoms with Crippen LogP contribution in [0.15, 0.2) is 6.20 Å². The number of carboxylic acid groups (broad SMARTS) is 1. The Kier molecular flexibility index (Phi) is 4.73. The molecule has 0 aromatic carbocycles. The SMILES string of the molecule is O=C(O)c1c(OC2CCCCC2)cnn1CC1CCCS1. The van der Waals surface area contributed by atoms with E-state index < -0.39 is 5.97 Å². The van der Waals surface area contributed by atoms with Gasteiger partial charge in [0.1, 0.15) is 0 Å². The van der Waals surface area contributed by atoms with E-state index >= 15 is 0 Å². The van der Waals surface area contributed by atoms with Crippen LogP contribution in [0.3, 0.4) is 0 Å². The Bertz CT molecular complexity index is 491. The van der Waals surface area contributed by atoms with E-state index in [2.05, 4.69) is 5.10 Å². The Labute approximate surface area is 129 Å². The van der Waals surface area contributed by atoms with Gasteiger partial charge in [-0.15, -0.1) is 0 Å². The minimum absolute atomic E-state index is 0.148. The highest BCUT2D eigenvalue weighted by atomic mass is 32.2. The van der Waals surface area contributed by atoms with Gasteiger partial charge in [-0.25, -0.2) is 4.79 Å². The smallest absolute Gasteiger partial charge is 0.358 e. The molecule has 6 heteroatoms. The molecule has 2 heterocycles. The Balaban J connectivity index is 1.73. The van der Waals surface area contributed by atoms with Crippen LogP contribution < -0.4 is 4.74 Å². The fourth-order valence-corrected chi connectivity index (χ4v) is 4.40. The summed E-state index contributed by atoms with van der Waals surface area (Å²) in [5, 5.41) is 14.2. The molecule has 0 radical (unpaired) electrons. The normalized spacial score (nSPS) is 23.3. The van der Waals surface area contributed by atoms with E-state index in [1.807, 2.05) is 11.8 Å². The Hall–Kier alpha value is -1.17. The van der Waals surface area contributed by atoms with E-state index in [4.69, 9.17) is 4.74 Å². The molecule has 116 valence electrons. The average Bonchev–Trinajstić information content (AvgIpc) is 3.11. The highest BCUT2D eigenvalue weighted by Gasteiger charge is 2.25. The summed E-state index contributed by atoms with van der Waals surface area (Å²) in [5.74, 6) is 0.665. The number of rotatable bonds is 5. The average molecular weight is 310 g/mol. The fourth-order valence-electron chi connectivity index (χ4n) is 3.15. The van der Waals surface area contributed by atoms with Crippen LogP contribution in [0.1, 0.15) is 55.4 Å². The highest BCUT2D eigenvalue weighted by molar-refractivity contribution is 8.00. The maximum Gasteiger partial charge on any atom is 0.358 e. The third kappa shape index (κ3) is 3.54. The number of carboxylic acids is 1. The number of hydrogen-bond acceptors (Lipinski definition) is 4. The van der Waals surface area contributed by atoms with Crippen molar-refractivity contribution in [1.29, 1.82) is 0 Å². The quantitative estimate of drug-likeness (QED) is 0.905. The lowest BCUT2D eigenvalue weighted by Gasteiger charge is -2.22. The molecule has 1 aliphatic carbocycles. The van der Waals surface area contributed by atoms with Gasteiger partial charge in [-0.05, 0) is 44.3 Å². The molecule has 0 amide bonds. The lowest BCUT2D eigenvalue weighted by Crippen LogP contribution is -2.22. The van der Waals surface area contributed by atoms with Crippen molar-refractivity contribution in [3.05, 3.63) is 11.9 Å². The number of hydrogen-bond donors (Lipinski definition) is 1. The molecule has 5 nitrogen and oxygen atoms in total. The third-order valence-electron chi connectivity index (χ3n) is 4.25. The molecule has 1 aliphatic heterocycles. The second-order valence-corrected chi connectivity index (χ2v) is 7.27. The van der Waals surface area contributed by atoms with Crippen LogP contribution in [-0.2, 0) is 6.54 Å². The minimum Gasteiger partial charge on any atom is -0.486 e. The second kappa shape index (κ2) is 6.73. The van der Waals surface area contributed by atoms with Crippen molar-refractivity contribution in [2.45, 2.75) is 62.8 Å². The molecular formula is C15H22N2O3S. The molecule has 3 rings (SSSR count). The summed E-state index contributed by atoms with van der Waals surface area (Å²) in [4.78, 5) is 11.6. The van der Waals surface area contributed by atoms with Crippen LogP contribution >= 0.6 is 11.8 Å². The van der Waals surface area contributed by atoms with Gasteiger partial charge in [-0.3, -0.25) is 4.68 Å². The van der Waals surface area contributed by atoms with Crippen molar-refractivity contribution in [3.8, 4) is 5.75 Å². The minimum atomic E-state index is -0.943. The first kappa shape index (κ1) is 14.8. The molecule has 1 saturated carbocycles. The topological polar surface area (TPSA) is 64.3 Å². The largest absolute Gasteiger partial charge is 0.486 e. The molecule has 1 aromatic heterocycles. The Morgan fingerprint density at radius 3 is 2.81 bits per heavy atom. The predicted molar refractivity (Wildman–Crippen MR) is 82.2 cm³/mol. The van der Waals surface area contributed by atoms with E-state index in [9.17, 15) is 9.90 Å². The van der Waals surface area contributed by atoms with E-state index in [0.717, 1.165) is 19.3 Å². The summed E-state index contributed by atoms with van der Waals surface area (Å²) in [7, 11) is 0. The molecule has 0 bridgehead atoms. The fraction of sp³-hybridized carbons (Fsp3) is 0.733. The monoisotopic (exact) mass is 310 g/mol. The first-order chi connectivity index (χ1) is 10.2. The molecule has 21 heavy (non-hydrogen) atoms. The first-order valence-corrected chi connectivity index (χ1v) is 8.86. The van der Waals surface area contributed by atoms with Gasteiger partial charge in [0.2, 0.25) is 0 Å². The molecule has 2 aliphatic rings. The Morgan fingerprint density at radius 2 is 2.14 bits per heavy atom. The number of ether oxygens (including phenoxy) is 1. The van der Waals surface area contributed by atoms with Crippen LogP contribution in [0, 0.1) is 0 Å². The predicted octanol–water partition coefficient (Wildman–Crippen LogP) is 3.19. The van der Waals surface area contributed by atoms with Crippen molar-refractivity contribution in [2.75, 3.05) is 5.75 Å². The summed E-state index contributed by atoms with van der Waals surface area (Å²) in [6.45, 7) is 0.667. The number of carbonyl (C=O) groups is 1. The van der Waals surface area contributed by atoms with Crippen molar-refractivity contribution in [2.24, 2.45) is 0 Å².